The van der Waals surface area contributed by atoms with Gasteiger partial charge in [0.15, 0.2) is 5.13 Å². The van der Waals surface area contributed by atoms with Crippen molar-refractivity contribution in [3.63, 3.8) is 0 Å². The maximum atomic E-state index is 11.4. The lowest BCUT2D eigenvalue weighted by Gasteiger charge is -2.18. The summed E-state index contributed by atoms with van der Waals surface area (Å²) >= 11 is 1.55. The maximum Gasteiger partial charge on any atom is 0.239 e. The smallest absolute Gasteiger partial charge is 0.239 e. The number of anilines is 2. The molecule has 2 rings (SSSR count). The van der Waals surface area contributed by atoms with Crippen LogP contribution < -0.4 is 16.0 Å². The fourth-order valence-corrected chi connectivity index (χ4v) is 2.71. The number of carbonyl (C=O) groups is 1. The van der Waals surface area contributed by atoms with Crippen molar-refractivity contribution >= 4 is 38.3 Å². The van der Waals surface area contributed by atoms with Gasteiger partial charge in [-0.25, -0.2) is 4.98 Å². The number of nitrogens with two attached hydrogens (primary N) is 1. The molecule has 0 bridgehead atoms. The van der Waals surface area contributed by atoms with Crippen molar-refractivity contribution < 1.29 is 4.79 Å². The first-order valence-electron chi connectivity index (χ1n) is 5.75. The molecular formula is C12H16N4OS. The van der Waals surface area contributed by atoms with Crippen LogP contribution in [0.5, 0.6) is 0 Å². The van der Waals surface area contributed by atoms with Crippen molar-refractivity contribution in [3.8, 4) is 0 Å². The molecule has 0 fully saturated rings. The van der Waals surface area contributed by atoms with E-state index in [1.807, 2.05) is 30.0 Å². The van der Waals surface area contributed by atoms with E-state index in [4.69, 9.17) is 5.73 Å². The van der Waals surface area contributed by atoms with Crippen LogP contribution in [0.4, 0.5) is 10.8 Å². The van der Waals surface area contributed by atoms with Crippen LogP contribution in [0, 0.1) is 0 Å². The van der Waals surface area contributed by atoms with Crippen LogP contribution in [0.2, 0.25) is 0 Å². The fourth-order valence-electron chi connectivity index (χ4n) is 1.63. The van der Waals surface area contributed by atoms with Gasteiger partial charge in [0.05, 0.1) is 16.8 Å². The molecule has 1 aromatic heterocycles. The summed E-state index contributed by atoms with van der Waals surface area (Å²) in [5, 5.41) is 3.47. The Morgan fingerprint density at radius 1 is 1.56 bits per heavy atom. The molecule has 0 unspecified atom stereocenters. The Labute approximate surface area is 110 Å². The van der Waals surface area contributed by atoms with Crippen LogP contribution in [0.1, 0.15) is 6.92 Å². The minimum absolute atomic E-state index is 0.0179. The van der Waals surface area contributed by atoms with Gasteiger partial charge in [0.2, 0.25) is 5.91 Å². The third-order valence-electron chi connectivity index (χ3n) is 2.67. The average molecular weight is 264 g/mol. The van der Waals surface area contributed by atoms with Gasteiger partial charge in [-0.3, -0.25) is 4.79 Å². The highest BCUT2D eigenvalue weighted by Crippen LogP contribution is 2.29. The molecule has 0 radical (unpaired) electrons. The number of likely N-dealkylation sites (N-methyl/N-ethyl adjacent to an activating group) is 2. The number of hydrogen-bond acceptors (Lipinski definition) is 5. The van der Waals surface area contributed by atoms with Crippen molar-refractivity contribution in [1.82, 2.24) is 10.3 Å². The highest BCUT2D eigenvalue weighted by Gasteiger charge is 2.13. The van der Waals surface area contributed by atoms with E-state index in [0.29, 0.717) is 6.54 Å². The summed E-state index contributed by atoms with van der Waals surface area (Å²) in [4.78, 5) is 17.9. The van der Waals surface area contributed by atoms with Gasteiger partial charge in [0.25, 0.3) is 0 Å². The van der Waals surface area contributed by atoms with Crippen molar-refractivity contribution in [2.75, 3.05) is 30.8 Å². The Balaban J connectivity index is 2.30. The minimum atomic E-state index is -0.0179. The number of amides is 1. The Morgan fingerprint density at radius 2 is 2.33 bits per heavy atom. The maximum absolute atomic E-state index is 11.4. The Kier molecular flexibility index (Phi) is 3.66. The number of carbonyl (C=O) groups excluding carboxylic acids is 1. The average Bonchev–Trinajstić information content (AvgIpc) is 2.78. The van der Waals surface area contributed by atoms with Gasteiger partial charge >= 0.3 is 0 Å². The quantitative estimate of drug-likeness (QED) is 0.820. The van der Waals surface area contributed by atoms with Gasteiger partial charge in [-0.15, -0.1) is 0 Å². The van der Waals surface area contributed by atoms with E-state index in [-0.39, 0.29) is 5.91 Å². The summed E-state index contributed by atoms with van der Waals surface area (Å²) in [5.41, 5.74) is 7.39. The van der Waals surface area contributed by atoms with E-state index in [1.165, 1.54) is 0 Å². The highest BCUT2D eigenvalue weighted by atomic mass is 32.1. The second-order valence-electron chi connectivity index (χ2n) is 3.91. The topological polar surface area (TPSA) is 71.2 Å². The third kappa shape index (κ3) is 2.53. The lowest BCUT2D eigenvalue weighted by Crippen LogP contribution is -2.35. The summed E-state index contributed by atoms with van der Waals surface area (Å²) in [6.07, 6.45) is 0. The molecular weight excluding hydrogens is 248 g/mol. The first-order valence-corrected chi connectivity index (χ1v) is 6.57. The molecule has 0 aliphatic heterocycles. The van der Waals surface area contributed by atoms with Crippen molar-refractivity contribution in [3.05, 3.63) is 18.2 Å². The molecule has 96 valence electrons. The molecule has 0 spiro atoms. The van der Waals surface area contributed by atoms with Crippen LogP contribution >= 0.6 is 11.3 Å². The van der Waals surface area contributed by atoms with Gasteiger partial charge < -0.3 is 16.0 Å². The van der Waals surface area contributed by atoms with Crippen LogP contribution in [-0.2, 0) is 4.79 Å². The second kappa shape index (κ2) is 5.22. The molecule has 1 amide bonds. The lowest BCUT2D eigenvalue weighted by atomic mass is 10.3. The molecule has 0 saturated carbocycles. The van der Waals surface area contributed by atoms with Crippen molar-refractivity contribution in [1.29, 1.82) is 0 Å². The van der Waals surface area contributed by atoms with Gasteiger partial charge in [0, 0.05) is 19.3 Å². The molecule has 5 nitrogen and oxygen atoms in total. The zero-order valence-electron chi connectivity index (χ0n) is 10.4. The number of rotatable bonds is 4. The van der Waals surface area contributed by atoms with E-state index in [0.717, 1.165) is 27.6 Å². The number of nitrogens with zero attached hydrogens (tertiary/aromatic N) is 2. The van der Waals surface area contributed by atoms with E-state index in [1.54, 1.807) is 18.4 Å². The molecule has 1 aromatic carbocycles. The van der Waals surface area contributed by atoms with Crippen LogP contribution in [0.25, 0.3) is 10.2 Å². The molecule has 6 heteroatoms. The normalized spacial score (nSPS) is 10.6. The van der Waals surface area contributed by atoms with Gasteiger partial charge in [-0.2, -0.15) is 0 Å². The lowest BCUT2D eigenvalue weighted by molar-refractivity contribution is -0.119. The predicted octanol–water partition coefficient (Wildman–Crippen LogP) is 1.45. The van der Waals surface area contributed by atoms with Gasteiger partial charge in [-0.05, 0) is 25.1 Å². The number of thiazole rings is 1. The standard InChI is InChI=1S/C12H16N4OS/c1-3-16(7-11(17)14-2)12-15-9-5-4-8(13)6-10(9)18-12/h4-6H,3,7,13H2,1-2H3,(H,14,17). The monoisotopic (exact) mass is 264 g/mol. The van der Waals surface area contributed by atoms with E-state index in [2.05, 4.69) is 10.3 Å². The second-order valence-corrected chi connectivity index (χ2v) is 4.92. The predicted molar refractivity (Wildman–Crippen MR) is 76.0 cm³/mol. The fraction of sp³-hybridized carbons (Fsp3) is 0.333. The van der Waals surface area contributed by atoms with Gasteiger partial charge in [0.1, 0.15) is 0 Å². The number of benzene rings is 1. The van der Waals surface area contributed by atoms with Crippen molar-refractivity contribution in [2.24, 2.45) is 0 Å². The van der Waals surface area contributed by atoms with Crippen LogP contribution in [0.3, 0.4) is 0 Å². The first kappa shape index (κ1) is 12.6. The summed E-state index contributed by atoms with van der Waals surface area (Å²) in [6.45, 7) is 3.06. The van der Waals surface area contributed by atoms with Gasteiger partial charge in [-0.1, -0.05) is 11.3 Å². The first-order chi connectivity index (χ1) is 8.63. The van der Waals surface area contributed by atoms with Crippen LogP contribution in [-0.4, -0.2) is 31.0 Å². The molecule has 0 aliphatic rings. The number of nitrogens with one attached hydrogen (secondary N) is 1. The summed E-state index contributed by atoms with van der Waals surface area (Å²) in [5.74, 6) is -0.0179. The van der Waals surface area contributed by atoms with E-state index in [9.17, 15) is 4.79 Å². The summed E-state index contributed by atoms with van der Waals surface area (Å²) < 4.78 is 1.04. The Bertz CT molecular complexity index is 566. The van der Waals surface area contributed by atoms with Crippen LogP contribution in [0.15, 0.2) is 18.2 Å². The Morgan fingerprint density at radius 3 is 3.00 bits per heavy atom. The number of aromatic nitrogens is 1. The zero-order valence-corrected chi connectivity index (χ0v) is 11.3. The molecule has 0 atom stereocenters. The number of fused-ring (bicyclic) bond motifs is 1. The molecule has 0 saturated heterocycles. The van der Waals surface area contributed by atoms with Crippen molar-refractivity contribution in [2.45, 2.75) is 6.92 Å². The summed E-state index contributed by atoms with van der Waals surface area (Å²) in [7, 11) is 1.63. The molecule has 1 heterocycles. The van der Waals surface area contributed by atoms with E-state index >= 15 is 0 Å². The minimum Gasteiger partial charge on any atom is -0.399 e. The largest absolute Gasteiger partial charge is 0.399 e. The Hall–Kier alpha value is -1.82. The highest BCUT2D eigenvalue weighted by molar-refractivity contribution is 7.22. The van der Waals surface area contributed by atoms with E-state index < -0.39 is 0 Å². The molecule has 2 aromatic rings. The third-order valence-corrected chi connectivity index (χ3v) is 3.75. The SMILES string of the molecule is CCN(CC(=O)NC)c1nc2ccc(N)cc2s1. The molecule has 0 aliphatic carbocycles. The molecule has 18 heavy (non-hydrogen) atoms. The zero-order chi connectivity index (χ0) is 13.1. The summed E-state index contributed by atoms with van der Waals surface area (Å²) in [6, 6.07) is 5.64. The molecule has 3 N–H and O–H groups in total. The number of nitrogen functional groups attached to an aromatic ring is 1. The number of hydrogen-bond donors (Lipinski definition) is 2.